The minimum atomic E-state index is 0.407. The average molecular weight is 184 g/mol. The summed E-state index contributed by atoms with van der Waals surface area (Å²) in [5, 5.41) is 3.30. The zero-order chi connectivity index (χ0) is 10.1. The van der Waals surface area contributed by atoms with Crippen molar-refractivity contribution in [3.8, 4) is 0 Å². The van der Waals surface area contributed by atoms with Gasteiger partial charge in [0.15, 0.2) is 0 Å². The predicted octanol–water partition coefficient (Wildman–Crippen LogP) is 1.71. The van der Waals surface area contributed by atoms with E-state index in [2.05, 4.69) is 37.9 Å². The molecule has 1 heterocycles. The quantitative estimate of drug-likeness (QED) is 0.718. The van der Waals surface area contributed by atoms with Gasteiger partial charge in [0.05, 0.1) is 0 Å². The van der Waals surface area contributed by atoms with Crippen LogP contribution in [0.2, 0.25) is 0 Å². The standard InChI is InChI=1S/C11H24N2/c1-9-6-11(3,4)13(7-9)8-10(2)12-5/h9-10,12H,6-8H2,1-5H3. The summed E-state index contributed by atoms with van der Waals surface area (Å²) < 4.78 is 0. The summed E-state index contributed by atoms with van der Waals surface area (Å²) in [6, 6.07) is 0.601. The minimum Gasteiger partial charge on any atom is -0.316 e. The van der Waals surface area contributed by atoms with Crippen LogP contribution in [0, 0.1) is 5.92 Å². The molecule has 1 N–H and O–H groups in total. The highest BCUT2D eigenvalue weighted by atomic mass is 15.2. The Balaban J connectivity index is 2.50. The average Bonchev–Trinajstić information content (AvgIpc) is 2.24. The van der Waals surface area contributed by atoms with Crippen molar-refractivity contribution in [2.75, 3.05) is 20.1 Å². The molecule has 0 spiro atoms. The molecule has 1 aliphatic rings. The van der Waals surface area contributed by atoms with E-state index in [9.17, 15) is 0 Å². The molecule has 2 heteroatoms. The molecule has 1 aliphatic heterocycles. The van der Waals surface area contributed by atoms with E-state index in [0.29, 0.717) is 11.6 Å². The van der Waals surface area contributed by atoms with Gasteiger partial charge in [-0.15, -0.1) is 0 Å². The Morgan fingerprint density at radius 3 is 2.54 bits per heavy atom. The highest BCUT2D eigenvalue weighted by molar-refractivity contribution is 4.92. The third-order valence-electron chi connectivity index (χ3n) is 3.22. The molecule has 13 heavy (non-hydrogen) atoms. The van der Waals surface area contributed by atoms with Crippen molar-refractivity contribution in [3.63, 3.8) is 0 Å². The summed E-state index contributed by atoms with van der Waals surface area (Å²) in [4.78, 5) is 2.61. The topological polar surface area (TPSA) is 15.3 Å². The van der Waals surface area contributed by atoms with Crippen LogP contribution in [-0.2, 0) is 0 Å². The van der Waals surface area contributed by atoms with Gasteiger partial charge in [-0.2, -0.15) is 0 Å². The molecule has 2 atom stereocenters. The fourth-order valence-electron chi connectivity index (χ4n) is 2.41. The van der Waals surface area contributed by atoms with Crippen LogP contribution in [0.15, 0.2) is 0 Å². The second-order valence-corrected chi connectivity index (χ2v) is 5.22. The first-order valence-electron chi connectivity index (χ1n) is 5.38. The zero-order valence-electron chi connectivity index (χ0n) is 9.72. The molecule has 0 saturated carbocycles. The van der Waals surface area contributed by atoms with Crippen molar-refractivity contribution in [1.82, 2.24) is 10.2 Å². The fourth-order valence-corrected chi connectivity index (χ4v) is 2.41. The normalized spacial score (nSPS) is 30.7. The third-order valence-corrected chi connectivity index (χ3v) is 3.22. The van der Waals surface area contributed by atoms with Crippen LogP contribution in [0.3, 0.4) is 0 Å². The van der Waals surface area contributed by atoms with Crippen LogP contribution in [0.4, 0.5) is 0 Å². The molecule has 1 saturated heterocycles. The van der Waals surface area contributed by atoms with E-state index >= 15 is 0 Å². The molecule has 0 radical (unpaired) electrons. The first-order chi connectivity index (χ1) is 5.95. The fraction of sp³-hybridized carbons (Fsp3) is 1.00. The van der Waals surface area contributed by atoms with E-state index in [-0.39, 0.29) is 0 Å². The number of nitrogens with one attached hydrogen (secondary N) is 1. The van der Waals surface area contributed by atoms with E-state index in [0.717, 1.165) is 5.92 Å². The molecule has 0 aromatic carbocycles. The lowest BCUT2D eigenvalue weighted by atomic mass is 9.97. The molecule has 0 bridgehead atoms. The number of hydrogen-bond acceptors (Lipinski definition) is 2. The number of likely N-dealkylation sites (N-methyl/N-ethyl adjacent to an activating group) is 1. The van der Waals surface area contributed by atoms with Gasteiger partial charge in [-0.05, 0) is 40.2 Å². The monoisotopic (exact) mass is 184 g/mol. The van der Waals surface area contributed by atoms with Crippen molar-refractivity contribution in [2.45, 2.75) is 45.7 Å². The maximum atomic E-state index is 3.30. The van der Waals surface area contributed by atoms with Crippen molar-refractivity contribution >= 4 is 0 Å². The van der Waals surface area contributed by atoms with Crippen molar-refractivity contribution in [3.05, 3.63) is 0 Å². The smallest absolute Gasteiger partial charge is 0.0163 e. The third kappa shape index (κ3) is 2.68. The van der Waals surface area contributed by atoms with Gasteiger partial charge in [-0.25, -0.2) is 0 Å². The lowest BCUT2D eigenvalue weighted by Gasteiger charge is -2.33. The second kappa shape index (κ2) is 3.97. The first kappa shape index (κ1) is 11.0. The van der Waals surface area contributed by atoms with Crippen LogP contribution in [0.25, 0.3) is 0 Å². The van der Waals surface area contributed by atoms with Crippen molar-refractivity contribution in [2.24, 2.45) is 5.92 Å². The molecule has 0 aromatic heterocycles. The number of hydrogen-bond donors (Lipinski definition) is 1. The van der Waals surface area contributed by atoms with Crippen LogP contribution < -0.4 is 5.32 Å². The maximum absolute atomic E-state index is 3.30. The van der Waals surface area contributed by atoms with E-state index in [4.69, 9.17) is 0 Å². The summed E-state index contributed by atoms with van der Waals surface area (Å²) >= 11 is 0. The maximum Gasteiger partial charge on any atom is 0.0163 e. The highest BCUT2D eigenvalue weighted by Gasteiger charge is 2.36. The van der Waals surface area contributed by atoms with Crippen molar-refractivity contribution in [1.29, 1.82) is 0 Å². The van der Waals surface area contributed by atoms with E-state index in [1.165, 1.54) is 19.5 Å². The Morgan fingerprint density at radius 2 is 2.15 bits per heavy atom. The molecule has 0 aliphatic carbocycles. The zero-order valence-corrected chi connectivity index (χ0v) is 9.72. The molecular formula is C11H24N2. The molecular weight excluding hydrogens is 160 g/mol. The molecule has 1 fully saturated rings. The number of rotatable bonds is 3. The largest absolute Gasteiger partial charge is 0.316 e. The summed E-state index contributed by atoms with van der Waals surface area (Å²) in [7, 11) is 2.04. The SMILES string of the molecule is CNC(C)CN1CC(C)CC1(C)C. The van der Waals surface area contributed by atoms with Crippen LogP contribution in [0.5, 0.6) is 0 Å². The Morgan fingerprint density at radius 1 is 1.54 bits per heavy atom. The molecule has 1 rings (SSSR count). The summed E-state index contributed by atoms with van der Waals surface area (Å²) in [6.45, 7) is 11.8. The molecule has 78 valence electrons. The summed E-state index contributed by atoms with van der Waals surface area (Å²) in [6.07, 6.45) is 1.34. The highest BCUT2D eigenvalue weighted by Crippen LogP contribution is 2.31. The molecule has 0 amide bonds. The van der Waals surface area contributed by atoms with Crippen LogP contribution >= 0.6 is 0 Å². The summed E-state index contributed by atoms with van der Waals surface area (Å²) in [5.41, 5.74) is 0.407. The van der Waals surface area contributed by atoms with E-state index in [1.54, 1.807) is 0 Å². The molecule has 0 aromatic rings. The Hall–Kier alpha value is -0.0800. The van der Waals surface area contributed by atoms with Gasteiger partial charge in [0.2, 0.25) is 0 Å². The molecule has 2 nitrogen and oxygen atoms in total. The summed E-state index contributed by atoms with van der Waals surface area (Å²) in [5.74, 6) is 0.860. The van der Waals surface area contributed by atoms with E-state index < -0.39 is 0 Å². The van der Waals surface area contributed by atoms with Gasteiger partial charge < -0.3 is 5.32 Å². The van der Waals surface area contributed by atoms with Gasteiger partial charge in [-0.3, -0.25) is 4.90 Å². The van der Waals surface area contributed by atoms with Crippen LogP contribution in [-0.4, -0.2) is 36.6 Å². The van der Waals surface area contributed by atoms with Gasteiger partial charge >= 0.3 is 0 Å². The van der Waals surface area contributed by atoms with Crippen LogP contribution in [0.1, 0.15) is 34.1 Å². The molecule has 2 unspecified atom stereocenters. The van der Waals surface area contributed by atoms with Gasteiger partial charge in [-0.1, -0.05) is 6.92 Å². The van der Waals surface area contributed by atoms with Gasteiger partial charge in [0.1, 0.15) is 0 Å². The predicted molar refractivity (Wildman–Crippen MR) is 58.0 cm³/mol. The minimum absolute atomic E-state index is 0.407. The Kier molecular flexibility index (Phi) is 3.36. The van der Waals surface area contributed by atoms with Gasteiger partial charge in [0, 0.05) is 24.7 Å². The lowest BCUT2D eigenvalue weighted by Crippen LogP contribution is -2.45. The Bertz CT molecular complexity index is 165. The first-order valence-corrected chi connectivity index (χ1v) is 5.38. The second-order valence-electron chi connectivity index (χ2n) is 5.22. The number of likely N-dealkylation sites (tertiary alicyclic amines) is 1. The Labute approximate surface area is 82.7 Å². The number of nitrogens with zero attached hydrogens (tertiary/aromatic N) is 1. The van der Waals surface area contributed by atoms with Gasteiger partial charge in [0.25, 0.3) is 0 Å². The van der Waals surface area contributed by atoms with E-state index in [1.807, 2.05) is 7.05 Å². The van der Waals surface area contributed by atoms with Crippen molar-refractivity contribution < 1.29 is 0 Å². The lowest BCUT2D eigenvalue weighted by molar-refractivity contribution is 0.161.